The molecule has 0 saturated heterocycles. The molecule has 10 aromatic rings. The molecule has 0 aliphatic carbocycles. The van der Waals surface area contributed by atoms with Crippen LogP contribution in [0.3, 0.4) is 0 Å². The number of para-hydroxylation sites is 3. The molecule has 0 fully saturated rings. The quantitative estimate of drug-likeness (QED) is 0.181. The maximum atomic E-state index is 10.9. The fourth-order valence-electron chi connectivity index (χ4n) is 8.14. The van der Waals surface area contributed by atoms with Crippen molar-refractivity contribution in [2.24, 2.45) is 0 Å². The van der Waals surface area contributed by atoms with Crippen molar-refractivity contribution in [1.29, 1.82) is 10.5 Å². The Bertz CT molecular complexity index is 3150. The molecule has 0 saturated carbocycles. The number of hydrogen-bond donors (Lipinski definition) is 0. The van der Waals surface area contributed by atoms with Crippen LogP contribution in [-0.2, 0) is 0 Å². The third-order valence-electron chi connectivity index (χ3n) is 10.4. The lowest BCUT2D eigenvalue weighted by Gasteiger charge is -2.16. The minimum atomic E-state index is 0.370. The highest BCUT2D eigenvalue weighted by molar-refractivity contribution is 6.29. The molecule has 5 heteroatoms. The van der Waals surface area contributed by atoms with Crippen molar-refractivity contribution >= 4 is 43.6 Å². The molecular weight excluding hydrogens is 659 g/mol. The van der Waals surface area contributed by atoms with E-state index < -0.39 is 0 Å². The first-order valence-electron chi connectivity index (χ1n) is 17.9. The van der Waals surface area contributed by atoms with Gasteiger partial charge in [-0.15, -0.1) is 0 Å². The van der Waals surface area contributed by atoms with Crippen molar-refractivity contribution < 1.29 is 0 Å². The van der Waals surface area contributed by atoms with E-state index in [1.165, 1.54) is 0 Å². The summed E-state index contributed by atoms with van der Waals surface area (Å²) < 4.78 is 4.67. The zero-order valence-corrected chi connectivity index (χ0v) is 29.0. The highest BCUT2D eigenvalue weighted by Crippen LogP contribution is 2.44. The summed E-state index contributed by atoms with van der Waals surface area (Å²) in [6, 6.07) is 64.8. The Morgan fingerprint density at radius 3 is 1.41 bits per heavy atom. The Kier molecular flexibility index (Phi) is 7.18. The van der Waals surface area contributed by atoms with Crippen LogP contribution < -0.4 is 0 Å². The van der Waals surface area contributed by atoms with Gasteiger partial charge in [0, 0.05) is 49.6 Å². The molecule has 250 valence electrons. The van der Waals surface area contributed by atoms with E-state index in [4.69, 9.17) is 4.98 Å². The molecule has 3 heterocycles. The van der Waals surface area contributed by atoms with Gasteiger partial charge in [-0.05, 0) is 60.2 Å². The van der Waals surface area contributed by atoms with E-state index in [2.05, 4.69) is 124 Å². The lowest BCUT2D eigenvalue weighted by Crippen LogP contribution is -2.02. The van der Waals surface area contributed by atoms with Gasteiger partial charge in [-0.2, -0.15) is 10.5 Å². The highest BCUT2D eigenvalue weighted by Gasteiger charge is 2.25. The summed E-state index contributed by atoms with van der Waals surface area (Å²) in [6.07, 6.45) is 0. The predicted octanol–water partition coefficient (Wildman–Crippen LogP) is 12.0. The van der Waals surface area contributed by atoms with Crippen molar-refractivity contribution in [3.8, 4) is 57.2 Å². The van der Waals surface area contributed by atoms with Crippen LogP contribution in [0.25, 0.3) is 88.6 Å². The van der Waals surface area contributed by atoms with Crippen LogP contribution in [0.2, 0.25) is 0 Å². The fraction of sp³-hybridized carbons (Fsp3) is 0. The molecule has 0 aliphatic rings. The van der Waals surface area contributed by atoms with Gasteiger partial charge in [0.2, 0.25) is 0 Å². The van der Waals surface area contributed by atoms with Crippen molar-refractivity contribution in [1.82, 2.24) is 14.1 Å². The number of nitrogens with zero attached hydrogens (tertiary/aromatic N) is 5. The van der Waals surface area contributed by atoms with Crippen molar-refractivity contribution in [2.75, 3.05) is 0 Å². The minimum Gasteiger partial charge on any atom is -0.309 e. The molecule has 0 radical (unpaired) electrons. The molecule has 5 nitrogen and oxygen atoms in total. The van der Waals surface area contributed by atoms with Crippen LogP contribution in [0.4, 0.5) is 0 Å². The second-order valence-corrected chi connectivity index (χ2v) is 13.3. The van der Waals surface area contributed by atoms with Gasteiger partial charge in [0.05, 0.1) is 44.6 Å². The maximum absolute atomic E-state index is 10.9. The first-order chi connectivity index (χ1) is 26.7. The van der Waals surface area contributed by atoms with E-state index >= 15 is 0 Å². The number of pyridine rings is 1. The Hall–Kier alpha value is -7.73. The molecule has 10 rings (SSSR count). The van der Waals surface area contributed by atoms with E-state index in [1.54, 1.807) is 0 Å². The predicted molar refractivity (Wildman–Crippen MR) is 219 cm³/mol. The normalized spacial score (nSPS) is 11.3. The van der Waals surface area contributed by atoms with Crippen LogP contribution in [0.5, 0.6) is 0 Å². The van der Waals surface area contributed by atoms with Crippen LogP contribution in [0.15, 0.2) is 176 Å². The molecule has 54 heavy (non-hydrogen) atoms. The molecule has 0 aliphatic heterocycles. The van der Waals surface area contributed by atoms with Gasteiger partial charge in [-0.3, -0.25) is 0 Å². The number of benzene rings is 7. The molecule has 0 N–H and O–H groups in total. The number of fused-ring (bicyclic) bond motifs is 7. The van der Waals surface area contributed by atoms with Gasteiger partial charge in [-0.1, -0.05) is 121 Å². The van der Waals surface area contributed by atoms with Crippen LogP contribution in [0.1, 0.15) is 11.1 Å². The van der Waals surface area contributed by atoms with E-state index in [-0.39, 0.29) is 0 Å². The third-order valence-corrected chi connectivity index (χ3v) is 10.4. The van der Waals surface area contributed by atoms with E-state index in [9.17, 15) is 10.5 Å². The average molecular weight is 688 g/mol. The SMILES string of the molecule is N#Cc1c(-c2ccccc2)nc(-c2ccc3c(c2)c2c4c5ccccc5n(-c5ccccc5)c4ccc2n3-c2ccccc2)c(C#N)c1-c1ccccc1. The molecule has 0 amide bonds. The molecule has 3 aromatic heterocycles. The summed E-state index contributed by atoms with van der Waals surface area (Å²) in [5, 5.41) is 26.0. The highest BCUT2D eigenvalue weighted by atomic mass is 15.0. The Morgan fingerprint density at radius 1 is 0.389 bits per heavy atom. The fourth-order valence-corrected chi connectivity index (χ4v) is 8.14. The molecule has 7 aromatic carbocycles. The minimum absolute atomic E-state index is 0.370. The summed E-state index contributed by atoms with van der Waals surface area (Å²) in [5.74, 6) is 0. The average Bonchev–Trinajstić information content (AvgIpc) is 3.76. The number of hydrogen-bond acceptors (Lipinski definition) is 3. The first kappa shape index (κ1) is 31.0. The van der Waals surface area contributed by atoms with E-state index in [0.717, 1.165) is 71.7 Å². The third kappa shape index (κ3) is 4.67. The van der Waals surface area contributed by atoms with Gasteiger partial charge < -0.3 is 9.13 Å². The van der Waals surface area contributed by atoms with Gasteiger partial charge in [0.25, 0.3) is 0 Å². The molecule has 0 bridgehead atoms. The Morgan fingerprint density at radius 2 is 0.833 bits per heavy atom. The second-order valence-electron chi connectivity index (χ2n) is 13.3. The molecular formula is C49H29N5. The monoisotopic (exact) mass is 687 g/mol. The van der Waals surface area contributed by atoms with Crippen LogP contribution in [-0.4, -0.2) is 14.1 Å². The van der Waals surface area contributed by atoms with Crippen molar-refractivity contribution in [2.45, 2.75) is 0 Å². The van der Waals surface area contributed by atoms with Crippen LogP contribution >= 0.6 is 0 Å². The molecule has 0 atom stereocenters. The summed E-state index contributed by atoms with van der Waals surface area (Å²) in [6.45, 7) is 0. The zero-order chi connectivity index (χ0) is 36.2. The standard InChI is InChI=1S/C49H29N5/c50-30-39-45(32-15-5-1-6-16-32)40(31-51)49(52-48(39)33-17-7-2-8-18-33)34-25-26-42-38(29-34)47-44(54(42)36-21-11-4-12-22-36)28-27-43-46(47)37-23-13-14-24-41(37)53(43)35-19-9-3-10-20-35/h1-29H. The lowest BCUT2D eigenvalue weighted by molar-refractivity contribution is 1.17. The van der Waals surface area contributed by atoms with Gasteiger partial charge >= 0.3 is 0 Å². The summed E-state index contributed by atoms with van der Waals surface area (Å²) in [4.78, 5) is 5.19. The van der Waals surface area contributed by atoms with Gasteiger partial charge in [-0.25, -0.2) is 4.98 Å². The van der Waals surface area contributed by atoms with Crippen molar-refractivity contribution in [3.05, 3.63) is 187 Å². The Labute approximate surface area is 311 Å². The second kappa shape index (κ2) is 12.5. The zero-order valence-electron chi connectivity index (χ0n) is 29.0. The number of aromatic nitrogens is 3. The number of rotatable bonds is 5. The summed E-state index contributed by atoms with van der Waals surface area (Å²) in [7, 11) is 0. The maximum Gasteiger partial charge on any atom is 0.102 e. The smallest absolute Gasteiger partial charge is 0.102 e. The Balaban J connectivity index is 1.36. The van der Waals surface area contributed by atoms with E-state index in [1.807, 2.05) is 72.8 Å². The van der Waals surface area contributed by atoms with E-state index in [0.29, 0.717) is 28.1 Å². The number of nitriles is 2. The largest absolute Gasteiger partial charge is 0.309 e. The van der Waals surface area contributed by atoms with Gasteiger partial charge in [0.15, 0.2) is 0 Å². The van der Waals surface area contributed by atoms with Crippen LogP contribution in [0, 0.1) is 22.7 Å². The van der Waals surface area contributed by atoms with Crippen molar-refractivity contribution in [3.63, 3.8) is 0 Å². The summed E-state index contributed by atoms with van der Waals surface area (Å²) in [5.41, 5.74) is 11.4. The van der Waals surface area contributed by atoms with Gasteiger partial charge in [0.1, 0.15) is 12.1 Å². The molecule has 0 unspecified atom stereocenters. The first-order valence-corrected chi connectivity index (χ1v) is 17.9. The lowest BCUT2D eigenvalue weighted by atomic mass is 9.89. The molecule has 0 spiro atoms. The topological polar surface area (TPSA) is 70.3 Å². The summed E-state index contributed by atoms with van der Waals surface area (Å²) >= 11 is 0.